The van der Waals surface area contributed by atoms with Crippen LogP contribution in [0.4, 0.5) is 0 Å². The Morgan fingerprint density at radius 1 is 0.500 bits per heavy atom. The average Bonchev–Trinajstić information content (AvgIpc) is 2.36. The van der Waals surface area contributed by atoms with Gasteiger partial charge in [0.25, 0.3) is 0 Å². The molecule has 0 saturated heterocycles. The summed E-state index contributed by atoms with van der Waals surface area (Å²) in [6.45, 7) is 12.0. The van der Waals surface area contributed by atoms with Crippen molar-refractivity contribution in [3.8, 4) is 0 Å². The van der Waals surface area contributed by atoms with Crippen LogP contribution >= 0.6 is 0 Å². The monoisotopic (exact) mass is 194 g/mol. The summed E-state index contributed by atoms with van der Waals surface area (Å²) in [6, 6.07) is 12.0. The molecule has 0 amide bonds. The first-order chi connectivity index (χ1) is 6.91. The van der Waals surface area contributed by atoms with Gasteiger partial charge < -0.3 is 0 Å². The Balaban J connectivity index is -0.000000134. The zero-order valence-electron chi connectivity index (χ0n) is 10.6. The minimum absolute atomic E-state index is 2.00. The number of rotatable bonds is 0. The molecule has 0 unspecified atom stereocenters. The largest absolute Gasteiger partial charge is 0.0919 e. The topological polar surface area (TPSA) is 0 Å². The molecular formula is C14H26. The quantitative estimate of drug-likeness (QED) is 0.490. The molecule has 1 aromatic carbocycles. The fraction of sp³-hybridized carbons (Fsp3) is 0.429. The normalized spacial score (nSPS) is 7.00. The van der Waals surface area contributed by atoms with Gasteiger partial charge in [0.1, 0.15) is 0 Å². The van der Waals surface area contributed by atoms with Gasteiger partial charge in [-0.1, -0.05) is 76.2 Å². The van der Waals surface area contributed by atoms with Crippen molar-refractivity contribution >= 4 is 0 Å². The van der Waals surface area contributed by atoms with Crippen molar-refractivity contribution in [2.75, 3.05) is 0 Å². The van der Waals surface area contributed by atoms with Crippen LogP contribution in [0.15, 0.2) is 48.6 Å². The van der Waals surface area contributed by atoms with Gasteiger partial charge in [-0.05, 0) is 13.8 Å². The van der Waals surface area contributed by atoms with Gasteiger partial charge in [-0.25, -0.2) is 0 Å². The lowest BCUT2D eigenvalue weighted by Gasteiger charge is -1.69. The van der Waals surface area contributed by atoms with Crippen LogP contribution in [0.25, 0.3) is 0 Å². The van der Waals surface area contributed by atoms with E-state index in [0.717, 1.165) is 0 Å². The van der Waals surface area contributed by atoms with Crippen molar-refractivity contribution < 1.29 is 0 Å². The average molecular weight is 194 g/mol. The summed E-state index contributed by atoms with van der Waals surface area (Å²) >= 11 is 0. The van der Waals surface area contributed by atoms with Crippen LogP contribution < -0.4 is 0 Å². The number of hydrogen-bond donors (Lipinski definition) is 0. The molecule has 0 bridgehead atoms. The highest BCUT2D eigenvalue weighted by Gasteiger charge is 1.57. The van der Waals surface area contributed by atoms with Crippen molar-refractivity contribution in [1.82, 2.24) is 0 Å². The van der Waals surface area contributed by atoms with Crippen LogP contribution in [-0.2, 0) is 0 Å². The van der Waals surface area contributed by atoms with Gasteiger partial charge >= 0.3 is 0 Å². The molecule has 0 heterocycles. The standard InChI is InChI=1S/C6H6.C4H8.2C2H6/c1-2-4-6-5-3-1;1-3-4-2;2*1-2/h1-6H;3-4H,1-2H3;2*1-2H3. The van der Waals surface area contributed by atoms with Crippen LogP contribution in [0.2, 0.25) is 0 Å². The van der Waals surface area contributed by atoms with Crippen LogP contribution in [0.5, 0.6) is 0 Å². The molecule has 1 rings (SSSR count). The van der Waals surface area contributed by atoms with E-state index in [-0.39, 0.29) is 0 Å². The van der Waals surface area contributed by atoms with Crippen LogP contribution in [0.1, 0.15) is 41.5 Å². The zero-order chi connectivity index (χ0) is 11.7. The van der Waals surface area contributed by atoms with E-state index in [2.05, 4.69) is 0 Å². The summed E-state index contributed by atoms with van der Waals surface area (Å²) in [4.78, 5) is 0. The molecule has 0 saturated carbocycles. The second-order valence-corrected chi connectivity index (χ2v) is 1.82. The van der Waals surface area contributed by atoms with Crippen molar-refractivity contribution in [2.24, 2.45) is 0 Å². The molecule has 1 aromatic rings. The molecule has 0 aliphatic heterocycles. The van der Waals surface area contributed by atoms with E-state index >= 15 is 0 Å². The fourth-order valence-electron chi connectivity index (χ4n) is 0.385. The molecule has 0 spiro atoms. The van der Waals surface area contributed by atoms with E-state index in [1.165, 1.54) is 0 Å². The Morgan fingerprint density at radius 3 is 0.714 bits per heavy atom. The highest BCUT2D eigenvalue weighted by atomic mass is 13.6. The third-order valence-electron chi connectivity index (χ3n) is 1.00. The Kier molecular flexibility index (Phi) is 39.6. The van der Waals surface area contributed by atoms with E-state index < -0.39 is 0 Å². The molecule has 0 N–H and O–H groups in total. The third kappa shape index (κ3) is 30.6. The molecule has 0 aliphatic carbocycles. The molecule has 0 aliphatic rings. The van der Waals surface area contributed by atoms with Crippen molar-refractivity contribution in [2.45, 2.75) is 41.5 Å². The number of hydrogen-bond acceptors (Lipinski definition) is 0. The van der Waals surface area contributed by atoms with Crippen molar-refractivity contribution in [3.05, 3.63) is 48.6 Å². The molecule has 0 nitrogen and oxygen atoms in total. The lowest BCUT2D eigenvalue weighted by molar-refractivity contribution is 1.50. The van der Waals surface area contributed by atoms with Crippen LogP contribution in [0.3, 0.4) is 0 Å². The molecule has 14 heavy (non-hydrogen) atoms. The van der Waals surface area contributed by atoms with Gasteiger partial charge in [-0.2, -0.15) is 0 Å². The lowest BCUT2D eigenvalue weighted by Crippen LogP contribution is -1.47. The molecule has 0 heteroatoms. The maximum absolute atomic E-state index is 2.00. The summed E-state index contributed by atoms with van der Waals surface area (Å²) in [5.74, 6) is 0. The van der Waals surface area contributed by atoms with E-state index in [1.54, 1.807) is 0 Å². The van der Waals surface area contributed by atoms with E-state index in [1.807, 2.05) is 90.1 Å². The summed E-state index contributed by atoms with van der Waals surface area (Å²) in [7, 11) is 0. The molecule has 0 fully saturated rings. The number of benzene rings is 1. The maximum Gasteiger partial charge on any atom is -0.0470 e. The summed E-state index contributed by atoms with van der Waals surface area (Å²) in [5.41, 5.74) is 0. The second-order valence-electron chi connectivity index (χ2n) is 1.82. The van der Waals surface area contributed by atoms with Crippen molar-refractivity contribution in [1.29, 1.82) is 0 Å². The molecule has 0 atom stereocenters. The van der Waals surface area contributed by atoms with E-state index in [4.69, 9.17) is 0 Å². The Labute approximate surface area is 90.7 Å². The van der Waals surface area contributed by atoms with Crippen LogP contribution in [-0.4, -0.2) is 0 Å². The van der Waals surface area contributed by atoms with Gasteiger partial charge in [0.15, 0.2) is 0 Å². The first-order valence-corrected chi connectivity index (χ1v) is 5.49. The lowest BCUT2D eigenvalue weighted by atomic mass is 10.4. The van der Waals surface area contributed by atoms with Crippen LogP contribution in [0, 0.1) is 0 Å². The Bertz CT molecular complexity index is 120. The molecular weight excluding hydrogens is 168 g/mol. The van der Waals surface area contributed by atoms with E-state index in [0.29, 0.717) is 0 Å². The fourth-order valence-corrected chi connectivity index (χ4v) is 0.385. The molecule has 0 aromatic heterocycles. The van der Waals surface area contributed by atoms with Gasteiger partial charge in [-0.15, -0.1) is 0 Å². The van der Waals surface area contributed by atoms with Gasteiger partial charge in [-0.3, -0.25) is 0 Å². The first-order valence-electron chi connectivity index (χ1n) is 5.49. The zero-order valence-corrected chi connectivity index (χ0v) is 10.6. The molecule has 0 radical (unpaired) electrons. The summed E-state index contributed by atoms with van der Waals surface area (Å²) < 4.78 is 0. The van der Waals surface area contributed by atoms with E-state index in [9.17, 15) is 0 Å². The smallest absolute Gasteiger partial charge is 0.0470 e. The SMILES string of the molecule is CC.CC.CC=CC.c1ccccc1. The van der Waals surface area contributed by atoms with Gasteiger partial charge in [0, 0.05) is 0 Å². The molecule has 82 valence electrons. The highest BCUT2D eigenvalue weighted by Crippen LogP contribution is 1.79. The number of allylic oxidation sites excluding steroid dienone is 2. The second kappa shape index (κ2) is 29.7. The summed E-state index contributed by atoms with van der Waals surface area (Å²) in [5, 5.41) is 0. The minimum Gasteiger partial charge on any atom is -0.0919 e. The predicted molar refractivity (Wildman–Crippen MR) is 69.6 cm³/mol. The van der Waals surface area contributed by atoms with Crippen molar-refractivity contribution in [3.63, 3.8) is 0 Å². The third-order valence-corrected chi connectivity index (χ3v) is 1.00. The minimum atomic E-state index is 2.00. The Hall–Kier alpha value is -1.04. The highest BCUT2D eigenvalue weighted by molar-refractivity contribution is 4.99. The predicted octanol–water partition coefficient (Wildman–Crippen LogP) is 5.32. The van der Waals surface area contributed by atoms with Gasteiger partial charge in [0.05, 0.1) is 0 Å². The summed E-state index contributed by atoms with van der Waals surface area (Å²) in [6.07, 6.45) is 4.00. The van der Waals surface area contributed by atoms with Gasteiger partial charge in [0.2, 0.25) is 0 Å². The maximum atomic E-state index is 2.00. The Morgan fingerprint density at radius 2 is 0.643 bits per heavy atom. The first kappa shape index (κ1) is 18.7.